The minimum Gasteiger partial charge on any atom is -0.378 e. The molecule has 0 saturated carbocycles. The van der Waals surface area contributed by atoms with Crippen molar-refractivity contribution in [3.63, 3.8) is 0 Å². The number of carbonyl (C=O) groups is 1. The van der Waals surface area contributed by atoms with Crippen LogP contribution in [0.3, 0.4) is 0 Å². The Balaban J connectivity index is 1.55. The molecule has 0 radical (unpaired) electrons. The number of nitrogens with one attached hydrogen (secondary N) is 2. The number of morpholine rings is 1. The third-order valence-electron chi connectivity index (χ3n) is 6.80. The second kappa shape index (κ2) is 8.70. The van der Waals surface area contributed by atoms with Crippen LogP contribution in [0.1, 0.15) is 36.8 Å². The molecule has 0 unspecified atom stereocenters. The zero-order chi connectivity index (χ0) is 25.7. The third kappa shape index (κ3) is 4.11. The summed E-state index contributed by atoms with van der Waals surface area (Å²) in [5, 5.41) is 8.62. The molecule has 0 atom stereocenters. The largest absolute Gasteiger partial charge is 0.378 e. The molecule has 37 heavy (non-hydrogen) atoms. The molecule has 5 aromatic rings. The number of pyridine rings is 1. The Kier molecular flexibility index (Phi) is 5.45. The van der Waals surface area contributed by atoms with Gasteiger partial charge in [-0.1, -0.05) is 39.0 Å². The predicted octanol–water partition coefficient (Wildman–Crippen LogP) is 4.03. The molecule has 9 heteroatoms. The van der Waals surface area contributed by atoms with Crippen molar-refractivity contribution in [2.24, 2.45) is 0 Å². The van der Waals surface area contributed by atoms with Crippen LogP contribution in [-0.2, 0) is 10.2 Å². The molecule has 6 rings (SSSR count). The Bertz CT molecular complexity index is 1700. The number of fused-ring (bicyclic) bond motifs is 2. The molecule has 1 aliphatic heterocycles. The first-order valence-corrected chi connectivity index (χ1v) is 12.4. The highest BCUT2D eigenvalue weighted by Gasteiger charge is 2.24. The standard InChI is InChI=1S/C28H28N6O3/c1-28(2,3)23-16-24(32-31-23)34-22-9-8-18(27(36)33-10-12-37-13-11-33)15-21(22)29-25(34)19-14-17-6-4-5-7-20(17)30-26(19)35/h4-9,14-16H,10-13H2,1-3H3,(H,30,35)(H,31,32). The molecule has 0 spiro atoms. The first kappa shape index (κ1) is 23.2. The summed E-state index contributed by atoms with van der Waals surface area (Å²) in [5.74, 6) is 1.03. The molecule has 1 aliphatic rings. The molecule has 0 aliphatic carbocycles. The van der Waals surface area contributed by atoms with Crippen LogP contribution < -0.4 is 5.56 Å². The number of hydrogen-bond donors (Lipinski definition) is 2. The zero-order valence-corrected chi connectivity index (χ0v) is 21.0. The van der Waals surface area contributed by atoms with E-state index in [9.17, 15) is 9.59 Å². The van der Waals surface area contributed by atoms with E-state index in [1.807, 2.05) is 53.1 Å². The van der Waals surface area contributed by atoms with E-state index in [0.29, 0.717) is 54.6 Å². The Labute approximate surface area is 213 Å². The molecular formula is C28H28N6O3. The molecule has 3 aromatic heterocycles. The van der Waals surface area contributed by atoms with Crippen LogP contribution in [0.4, 0.5) is 0 Å². The van der Waals surface area contributed by atoms with Crippen molar-refractivity contribution in [2.45, 2.75) is 26.2 Å². The van der Waals surface area contributed by atoms with Crippen LogP contribution in [0.25, 0.3) is 39.1 Å². The van der Waals surface area contributed by atoms with Gasteiger partial charge in [0.05, 0.1) is 29.8 Å². The molecule has 1 fully saturated rings. The van der Waals surface area contributed by atoms with Crippen molar-refractivity contribution in [3.8, 4) is 17.2 Å². The molecule has 9 nitrogen and oxygen atoms in total. The smallest absolute Gasteiger partial charge is 0.259 e. The first-order chi connectivity index (χ1) is 17.8. The lowest BCUT2D eigenvalue weighted by Crippen LogP contribution is -2.40. The third-order valence-corrected chi connectivity index (χ3v) is 6.80. The van der Waals surface area contributed by atoms with Crippen molar-refractivity contribution < 1.29 is 9.53 Å². The monoisotopic (exact) mass is 496 g/mol. The second-order valence-electron chi connectivity index (χ2n) is 10.4. The Morgan fingerprint density at radius 1 is 1.03 bits per heavy atom. The van der Waals surface area contributed by atoms with E-state index in [0.717, 1.165) is 22.1 Å². The number of ether oxygens (including phenoxy) is 1. The summed E-state index contributed by atoms with van der Waals surface area (Å²) in [5.41, 5.74) is 3.68. The Morgan fingerprint density at radius 2 is 1.81 bits per heavy atom. The number of rotatable bonds is 3. The average Bonchev–Trinajstić information content (AvgIpc) is 3.53. The van der Waals surface area contributed by atoms with Crippen LogP contribution in [-0.4, -0.2) is 61.8 Å². The summed E-state index contributed by atoms with van der Waals surface area (Å²) in [4.78, 5) is 36.0. The van der Waals surface area contributed by atoms with Gasteiger partial charge in [0.1, 0.15) is 0 Å². The van der Waals surface area contributed by atoms with Gasteiger partial charge in [0.15, 0.2) is 11.6 Å². The van der Waals surface area contributed by atoms with Crippen molar-refractivity contribution in [2.75, 3.05) is 26.3 Å². The van der Waals surface area contributed by atoms with Crippen LogP contribution >= 0.6 is 0 Å². The van der Waals surface area contributed by atoms with Gasteiger partial charge >= 0.3 is 0 Å². The summed E-state index contributed by atoms with van der Waals surface area (Å²) in [6, 6.07) is 16.9. The molecule has 2 N–H and O–H groups in total. The number of imidazole rings is 1. The van der Waals surface area contributed by atoms with Gasteiger partial charge in [-0.2, -0.15) is 5.10 Å². The maximum absolute atomic E-state index is 13.2. The van der Waals surface area contributed by atoms with E-state index in [2.05, 4.69) is 36.0 Å². The number of amides is 1. The number of aromatic nitrogens is 5. The number of nitrogens with zero attached hydrogens (tertiary/aromatic N) is 4. The van der Waals surface area contributed by atoms with E-state index in [-0.39, 0.29) is 16.9 Å². The van der Waals surface area contributed by atoms with Crippen molar-refractivity contribution >= 4 is 27.8 Å². The van der Waals surface area contributed by atoms with Gasteiger partial charge in [-0.25, -0.2) is 4.98 Å². The second-order valence-corrected chi connectivity index (χ2v) is 10.4. The van der Waals surface area contributed by atoms with Crippen LogP contribution in [0.5, 0.6) is 0 Å². The van der Waals surface area contributed by atoms with E-state index >= 15 is 0 Å². The highest BCUT2D eigenvalue weighted by atomic mass is 16.5. The highest BCUT2D eigenvalue weighted by Crippen LogP contribution is 2.30. The lowest BCUT2D eigenvalue weighted by atomic mass is 9.92. The molecule has 0 bridgehead atoms. The van der Waals surface area contributed by atoms with Gasteiger partial charge in [-0.3, -0.25) is 19.3 Å². The van der Waals surface area contributed by atoms with E-state index in [4.69, 9.17) is 9.72 Å². The predicted molar refractivity (Wildman–Crippen MR) is 142 cm³/mol. The fourth-order valence-corrected chi connectivity index (χ4v) is 4.70. The summed E-state index contributed by atoms with van der Waals surface area (Å²) in [6.45, 7) is 8.51. The van der Waals surface area contributed by atoms with Gasteiger partial charge in [-0.15, -0.1) is 0 Å². The zero-order valence-electron chi connectivity index (χ0n) is 21.0. The number of hydrogen-bond acceptors (Lipinski definition) is 5. The Hall–Kier alpha value is -4.24. The average molecular weight is 497 g/mol. The fourth-order valence-electron chi connectivity index (χ4n) is 4.70. The molecular weight excluding hydrogens is 468 g/mol. The number of benzene rings is 2. The highest BCUT2D eigenvalue weighted by molar-refractivity contribution is 5.98. The SMILES string of the molecule is CC(C)(C)c1cc(-n2c(-c3cc4ccccc4[nH]c3=O)nc3cc(C(=O)N4CCOCC4)ccc32)n[nH]1. The van der Waals surface area contributed by atoms with Crippen molar-refractivity contribution in [3.05, 3.63) is 76.2 Å². The molecule has 4 heterocycles. The lowest BCUT2D eigenvalue weighted by Gasteiger charge is -2.26. The van der Waals surface area contributed by atoms with Gasteiger partial charge in [0, 0.05) is 41.3 Å². The summed E-state index contributed by atoms with van der Waals surface area (Å²) >= 11 is 0. The Morgan fingerprint density at radius 3 is 2.57 bits per heavy atom. The fraction of sp³-hybridized carbons (Fsp3) is 0.286. The number of para-hydroxylation sites is 1. The molecule has 1 saturated heterocycles. The lowest BCUT2D eigenvalue weighted by molar-refractivity contribution is 0.0303. The minimum absolute atomic E-state index is 0.0559. The normalized spacial score (nSPS) is 14.5. The van der Waals surface area contributed by atoms with E-state index in [1.54, 1.807) is 11.0 Å². The maximum atomic E-state index is 13.2. The van der Waals surface area contributed by atoms with E-state index < -0.39 is 0 Å². The molecule has 188 valence electrons. The maximum Gasteiger partial charge on any atom is 0.259 e. The van der Waals surface area contributed by atoms with Gasteiger partial charge in [-0.05, 0) is 35.7 Å². The van der Waals surface area contributed by atoms with E-state index in [1.165, 1.54) is 0 Å². The van der Waals surface area contributed by atoms with Gasteiger partial charge in [0.25, 0.3) is 11.5 Å². The summed E-state index contributed by atoms with van der Waals surface area (Å²) in [6.07, 6.45) is 0. The molecule has 1 amide bonds. The van der Waals surface area contributed by atoms with Crippen LogP contribution in [0.15, 0.2) is 59.4 Å². The van der Waals surface area contributed by atoms with Crippen LogP contribution in [0.2, 0.25) is 0 Å². The first-order valence-electron chi connectivity index (χ1n) is 12.4. The topological polar surface area (TPSA) is 109 Å². The summed E-state index contributed by atoms with van der Waals surface area (Å²) in [7, 11) is 0. The summed E-state index contributed by atoms with van der Waals surface area (Å²) < 4.78 is 7.27. The molecule has 2 aromatic carbocycles. The quantitative estimate of drug-likeness (QED) is 0.392. The van der Waals surface area contributed by atoms with Crippen molar-refractivity contribution in [1.82, 2.24) is 29.6 Å². The van der Waals surface area contributed by atoms with Gasteiger partial charge in [0.2, 0.25) is 0 Å². The number of aromatic amines is 2. The minimum atomic E-state index is -0.244. The van der Waals surface area contributed by atoms with Crippen molar-refractivity contribution in [1.29, 1.82) is 0 Å². The van der Waals surface area contributed by atoms with Gasteiger partial charge < -0.3 is 14.6 Å². The van der Waals surface area contributed by atoms with Crippen LogP contribution in [0, 0.1) is 0 Å². The number of carbonyl (C=O) groups excluding carboxylic acids is 1. The number of H-pyrrole nitrogens is 2.